The highest BCUT2D eigenvalue weighted by Gasteiger charge is 2.55. The summed E-state index contributed by atoms with van der Waals surface area (Å²) >= 11 is 4.12. The summed E-state index contributed by atoms with van der Waals surface area (Å²) < 4.78 is 79.9. The Labute approximate surface area is 245 Å². The Morgan fingerprint density at radius 2 is 2.05 bits per heavy atom. The van der Waals surface area contributed by atoms with Crippen LogP contribution in [0.2, 0.25) is 0 Å². The second-order valence-electron chi connectivity index (χ2n) is 10.0. The van der Waals surface area contributed by atoms with Gasteiger partial charge < -0.3 is 25.5 Å². The van der Waals surface area contributed by atoms with Gasteiger partial charge in [0.25, 0.3) is 5.56 Å². The van der Waals surface area contributed by atoms with Gasteiger partial charge in [0.05, 0.1) is 31.0 Å². The quantitative estimate of drug-likeness (QED) is 0.175. The van der Waals surface area contributed by atoms with Crippen LogP contribution < -0.4 is 17.0 Å². The highest BCUT2D eigenvalue weighted by molar-refractivity contribution is 8.44. The molecule has 1 unspecified atom stereocenters. The maximum Gasteiger partial charge on any atom is 0.386 e. The van der Waals surface area contributed by atoms with Crippen molar-refractivity contribution in [2.75, 3.05) is 31.3 Å². The first-order chi connectivity index (χ1) is 20.5. The molecule has 3 aliphatic heterocycles. The number of rotatable bonds is 2. The first-order valence-electron chi connectivity index (χ1n) is 12.8. The molecule has 230 valence electrons. The van der Waals surface area contributed by atoms with Gasteiger partial charge >= 0.3 is 15.1 Å². The molecule has 0 amide bonds. The molecule has 7 heterocycles. The van der Waals surface area contributed by atoms with Crippen molar-refractivity contribution >= 4 is 61.3 Å². The first kappa shape index (κ1) is 28.8. The number of H-pyrrole nitrogens is 1. The van der Waals surface area contributed by atoms with Crippen molar-refractivity contribution in [1.29, 1.82) is 0 Å². The third-order valence-electron chi connectivity index (χ3n) is 7.34. The van der Waals surface area contributed by atoms with E-state index in [1.807, 2.05) is 0 Å². The minimum Gasteiger partial charge on any atom is -0.383 e. The van der Waals surface area contributed by atoms with Crippen LogP contribution in [0.1, 0.15) is 12.6 Å². The van der Waals surface area contributed by atoms with Gasteiger partial charge in [0.15, 0.2) is 23.5 Å². The fourth-order valence-corrected chi connectivity index (χ4v) is 7.84. The third kappa shape index (κ3) is 5.05. The number of nitrogens with one attached hydrogen (secondary N) is 1. The van der Waals surface area contributed by atoms with E-state index in [-0.39, 0.29) is 41.6 Å². The Morgan fingerprint density at radius 1 is 1.21 bits per heavy atom. The molecule has 0 saturated carbocycles. The molecule has 0 aromatic carbocycles. The van der Waals surface area contributed by atoms with Crippen LogP contribution in [0.5, 0.6) is 0 Å². The van der Waals surface area contributed by atoms with Crippen LogP contribution in [-0.4, -0.2) is 78.3 Å². The third-order valence-corrected chi connectivity index (χ3v) is 9.83. The molecule has 3 saturated heterocycles. The summed E-state index contributed by atoms with van der Waals surface area (Å²) in [6, 6.07) is 1.53. The number of ether oxygens (including phenoxy) is 2. The molecule has 4 aromatic rings. The number of anilines is 2. The minimum absolute atomic E-state index is 0.0156. The summed E-state index contributed by atoms with van der Waals surface area (Å²) in [4.78, 5) is 30.9. The molecule has 5 N–H and O–H groups in total. The van der Waals surface area contributed by atoms with Crippen LogP contribution in [0.4, 0.5) is 16.2 Å². The lowest BCUT2D eigenvalue weighted by Gasteiger charge is -2.30. The molecule has 3 fully saturated rings. The van der Waals surface area contributed by atoms with E-state index in [1.54, 1.807) is 0 Å². The summed E-state index contributed by atoms with van der Waals surface area (Å²) in [5.74, 6) is -2.47. The largest absolute Gasteiger partial charge is 0.386 e. The number of alkyl halides is 1. The monoisotopic (exact) mass is 659 g/mol. The molecule has 2 bridgehead atoms. The normalized spacial score (nSPS) is 35.4. The van der Waals surface area contributed by atoms with Crippen molar-refractivity contribution in [2.45, 2.75) is 42.9 Å². The van der Waals surface area contributed by atoms with Crippen molar-refractivity contribution < 1.29 is 41.1 Å². The van der Waals surface area contributed by atoms with Crippen molar-refractivity contribution in [3.63, 3.8) is 0 Å². The average Bonchev–Trinajstić information content (AvgIpc) is 3.72. The smallest absolute Gasteiger partial charge is 0.383 e. The van der Waals surface area contributed by atoms with Crippen LogP contribution in [0.15, 0.2) is 29.7 Å². The zero-order chi connectivity index (χ0) is 30.1. The molecular weight excluding hydrogens is 635 g/mol. The molecular formula is C21H24FN9O9P2S. The Balaban J connectivity index is 1.18. The molecule has 22 heteroatoms. The Hall–Kier alpha value is -2.93. The van der Waals surface area contributed by atoms with Crippen molar-refractivity contribution in [3.8, 4) is 0 Å². The zero-order valence-corrected chi connectivity index (χ0v) is 24.6. The number of aromatic nitrogens is 7. The van der Waals surface area contributed by atoms with E-state index in [1.165, 1.54) is 29.5 Å². The topological polar surface area (TPSA) is 236 Å². The Kier molecular flexibility index (Phi) is 7.11. The number of thiol groups is 1. The molecule has 8 atom stereocenters. The van der Waals surface area contributed by atoms with Gasteiger partial charge in [0.2, 0.25) is 11.7 Å². The summed E-state index contributed by atoms with van der Waals surface area (Å²) in [7, 11) is -3.37. The number of nitrogen functional groups attached to an aromatic ring is 2. The number of halogens is 1. The van der Waals surface area contributed by atoms with E-state index >= 15 is 4.39 Å². The van der Waals surface area contributed by atoms with E-state index in [4.69, 9.17) is 39.0 Å². The average molecular weight is 659 g/mol. The lowest BCUT2D eigenvalue weighted by molar-refractivity contribution is -0.0561. The van der Waals surface area contributed by atoms with Crippen LogP contribution >= 0.6 is 27.3 Å². The molecule has 7 rings (SSSR count). The van der Waals surface area contributed by atoms with Crippen molar-refractivity contribution in [3.05, 3.63) is 35.3 Å². The summed E-state index contributed by atoms with van der Waals surface area (Å²) in [5, 5.41) is 0.386. The van der Waals surface area contributed by atoms with Gasteiger partial charge in [-0.3, -0.25) is 37.0 Å². The van der Waals surface area contributed by atoms with Gasteiger partial charge in [-0.2, -0.15) is 4.98 Å². The Bertz CT molecular complexity index is 1860. The number of nitrogens with zero attached hydrogens (tertiary/aromatic N) is 6. The van der Waals surface area contributed by atoms with Crippen molar-refractivity contribution in [2.24, 2.45) is 0 Å². The van der Waals surface area contributed by atoms with Crippen LogP contribution in [0, 0.1) is 0 Å². The number of hydrogen-bond donors (Lipinski definition) is 4. The van der Waals surface area contributed by atoms with E-state index in [2.05, 4.69) is 37.2 Å². The van der Waals surface area contributed by atoms with Gasteiger partial charge in [-0.1, -0.05) is 12.2 Å². The molecule has 18 nitrogen and oxygen atoms in total. The van der Waals surface area contributed by atoms with Crippen LogP contribution in [0.25, 0.3) is 22.2 Å². The van der Waals surface area contributed by atoms with E-state index in [0.29, 0.717) is 5.39 Å². The number of hydrogen-bond acceptors (Lipinski definition) is 15. The van der Waals surface area contributed by atoms with Gasteiger partial charge in [0, 0.05) is 12.6 Å². The summed E-state index contributed by atoms with van der Waals surface area (Å²) in [5.41, 5.74) is 11.3. The summed E-state index contributed by atoms with van der Waals surface area (Å²) in [6.45, 7) is -5.54. The maximum absolute atomic E-state index is 16.8. The standard InChI is InChI=1S/C21H24FN9O9P2S/c22-21(31-2-1-10-15(23)25-7-26-16(10)31)6-35-12-5-37-42(34,43)40-11-3-9(4-36-41(33)39-14(12)21)38-19(11)30-8-27-13-17(30)28-20(24)29-18(13)32/h1-2,7-9,11-12,14,19,41H,3-6H2,(H,34,43)(H2,23,25,26)(H3,24,28,29,32)/t9-,11+,12+,14+,19+,21+,42+/m0/s1. The second-order valence-corrected chi connectivity index (χ2v) is 13.9. The molecule has 0 spiro atoms. The number of fused-ring (bicyclic) bond motifs is 5. The van der Waals surface area contributed by atoms with E-state index in [9.17, 15) is 13.9 Å². The van der Waals surface area contributed by atoms with Crippen LogP contribution in [-0.2, 0) is 42.5 Å². The second kappa shape index (κ2) is 10.6. The van der Waals surface area contributed by atoms with Crippen LogP contribution in [0.3, 0.4) is 0 Å². The number of aromatic amines is 1. The molecule has 4 aromatic heterocycles. The van der Waals surface area contributed by atoms with Gasteiger partial charge in [0.1, 0.15) is 36.6 Å². The predicted molar refractivity (Wildman–Crippen MR) is 149 cm³/mol. The SMILES string of the molecule is Nc1nc2c(ncn2[C@@H]2O[C@@H]3CO[PH](=O)O[C@@H]4[C@@H](CO[P@@](=O)(S)O[C@@H]2C3)OC[C@@]4(F)n2ccc3c(N)ncnc32)c(=O)[nH]1. The highest BCUT2D eigenvalue weighted by Crippen LogP contribution is 2.57. The fraction of sp³-hybridized carbons (Fsp3) is 0.476. The lowest BCUT2D eigenvalue weighted by atomic mass is 10.1. The van der Waals surface area contributed by atoms with Crippen molar-refractivity contribution in [1.82, 2.24) is 34.1 Å². The van der Waals surface area contributed by atoms with Gasteiger partial charge in [-0.15, -0.1) is 0 Å². The van der Waals surface area contributed by atoms with E-state index < -0.39 is 70.3 Å². The lowest BCUT2D eigenvalue weighted by Crippen LogP contribution is -2.44. The Morgan fingerprint density at radius 3 is 2.88 bits per heavy atom. The van der Waals surface area contributed by atoms with E-state index in [0.717, 1.165) is 4.57 Å². The fourth-order valence-electron chi connectivity index (χ4n) is 5.42. The van der Waals surface area contributed by atoms with Gasteiger partial charge in [-0.25, -0.2) is 23.9 Å². The number of imidazole rings is 1. The maximum atomic E-state index is 16.8. The first-order valence-corrected chi connectivity index (χ1v) is 16.7. The summed E-state index contributed by atoms with van der Waals surface area (Å²) in [6.07, 6.45) is -1.65. The zero-order valence-electron chi connectivity index (χ0n) is 21.8. The molecule has 43 heavy (non-hydrogen) atoms. The molecule has 0 radical (unpaired) electrons. The van der Waals surface area contributed by atoms with Gasteiger partial charge in [-0.05, 0) is 6.07 Å². The predicted octanol–water partition coefficient (Wildman–Crippen LogP) is 1.28. The minimum atomic E-state index is -4.17. The number of nitrogens with two attached hydrogens (primary N) is 2. The molecule has 3 aliphatic rings. The molecule has 0 aliphatic carbocycles. The highest BCUT2D eigenvalue weighted by atomic mass is 32.7.